The second-order valence-electron chi connectivity index (χ2n) is 3.82. The highest BCUT2D eigenvalue weighted by molar-refractivity contribution is 5.88. The number of ether oxygens (including phenoxy) is 1. The van der Waals surface area contributed by atoms with Gasteiger partial charge < -0.3 is 14.4 Å². The standard InChI is InChI=1S/C12H12N2O4/c1-18-12(17)4-8-6-14(7-11(15)16)10-5-13-3-2-9(8)10/h2-3,5-6H,4,7H2,1H3,(H,15,16). The fourth-order valence-electron chi connectivity index (χ4n) is 1.86. The van der Waals surface area contributed by atoms with Crippen LogP contribution in [0.15, 0.2) is 24.7 Å². The summed E-state index contributed by atoms with van der Waals surface area (Å²) in [6.07, 6.45) is 4.95. The molecule has 0 unspecified atom stereocenters. The Balaban J connectivity index is 2.47. The normalized spacial score (nSPS) is 10.5. The van der Waals surface area contributed by atoms with Crippen LogP contribution in [0.2, 0.25) is 0 Å². The summed E-state index contributed by atoms with van der Waals surface area (Å²) in [5.74, 6) is -1.30. The number of carbonyl (C=O) groups is 2. The van der Waals surface area contributed by atoms with Crippen molar-refractivity contribution in [2.24, 2.45) is 0 Å². The number of nitrogens with zero attached hydrogens (tertiary/aromatic N) is 2. The van der Waals surface area contributed by atoms with Crippen LogP contribution in [0, 0.1) is 0 Å². The molecule has 0 saturated heterocycles. The highest BCUT2D eigenvalue weighted by Gasteiger charge is 2.13. The Hall–Kier alpha value is -2.37. The molecular formula is C12H12N2O4. The monoisotopic (exact) mass is 248 g/mol. The van der Waals surface area contributed by atoms with Crippen molar-refractivity contribution in [1.29, 1.82) is 0 Å². The van der Waals surface area contributed by atoms with E-state index in [0.29, 0.717) is 5.52 Å². The molecule has 2 rings (SSSR count). The van der Waals surface area contributed by atoms with E-state index < -0.39 is 5.97 Å². The quantitative estimate of drug-likeness (QED) is 0.811. The van der Waals surface area contributed by atoms with Crippen LogP contribution in [-0.2, 0) is 27.3 Å². The Morgan fingerprint density at radius 2 is 2.28 bits per heavy atom. The molecule has 0 aliphatic carbocycles. The lowest BCUT2D eigenvalue weighted by Crippen LogP contribution is -2.07. The van der Waals surface area contributed by atoms with Gasteiger partial charge in [0.2, 0.25) is 0 Å². The van der Waals surface area contributed by atoms with Gasteiger partial charge in [-0.25, -0.2) is 0 Å². The molecular weight excluding hydrogens is 236 g/mol. The lowest BCUT2D eigenvalue weighted by molar-refractivity contribution is -0.140. The molecule has 0 aromatic carbocycles. The zero-order chi connectivity index (χ0) is 13.1. The minimum Gasteiger partial charge on any atom is -0.480 e. The second-order valence-corrected chi connectivity index (χ2v) is 3.82. The van der Waals surface area contributed by atoms with Crippen molar-refractivity contribution in [2.75, 3.05) is 7.11 Å². The number of hydrogen-bond acceptors (Lipinski definition) is 4. The molecule has 18 heavy (non-hydrogen) atoms. The zero-order valence-electron chi connectivity index (χ0n) is 9.79. The molecule has 1 N–H and O–H groups in total. The average molecular weight is 248 g/mol. The number of rotatable bonds is 4. The van der Waals surface area contributed by atoms with Gasteiger partial charge in [0, 0.05) is 17.8 Å². The SMILES string of the molecule is COC(=O)Cc1cn(CC(=O)O)c2cnccc12. The van der Waals surface area contributed by atoms with Gasteiger partial charge in [0.1, 0.15) is 6.54 Å². The Morgan fingerprint density at radius 1 is 1.50 bits per heavy atom. The first-order chi connectivity index (χ1) is 8.61. The van der Waals surface area contributed by atoms with Crippen LogP contribution in [0.3, 0.4) is 0 Å². The first-order valence-corrected chi connectivity index (χ1v) is 5.32. The molecule has 0 saturated carbocycles. The van der Waals surface area contributed by atoms with Gasteiger partial charge in [0.25, 0.3) is 0 Å². The Labute approximate surface area is 103 Å². The summed E-state index contributed by atoms with van der Waals surface area (Å²) in [4.78, 5) is 26.0. The molecule has 0 radical (unpaired) electrons. The third-order valence-electron chi connectivity index (χ3n) is 2.64. The van der Waals surface area contributed by atoms with Crippen LogP contribution >= 0.6 is 0 Å². The van der Waals surface area contributed by atoms with E-state index >= 15 is 0 Å². The lowest BCUT2D eigenvalue weighted by atomic mass is 10.1. The van der Waals surface area contributed by atoms with Crippen LogP contribution in [0.25, 0.3) is 10.9 Å². The van der Waals surface area contributed by atoms with Crippen molar-refractivity contribution < 1.29 is 19.4 Å². The first-order valence-electron chi connectivity index (χ1n) is 5.32. The smallest absolute Gasteiger partial charge is 0.323 e. The van der Waals surface area contributed by atoms with E-state index in [1.807, 2.05) is 0 Å². The summed E-state index contributed by atoms with van der Waals surface area (Å²) >= 11 is 0. The number of fused-ring (bicyclic) bond motifs is 1. The van der Waals surface area contributed by atoms with Crippen LogP contribution in [0.4, 0.5) is 0 Å². The first kappa shape index (κ1) is 12.1. The topological polar surface area (TPSA) is 81.4 Å². The van der Waals surface area contributed by atoms with E-state index in [4.69, 9.17) is 5.11 Å². The number of carboxylic acids is 1. The van der Waals surface area contributed by atoms with Gasteiger partial charge in [0.15, 0.2) is 0 Å². The maximum Gasteiger partial charge on any atom is 0.323 e. The highest BCUT2D eigenvalue weighted by atomic mass is 16.5. The third-order valence-corrected chi connectivity index (χ3v) is 2.64. The minimum absolute atomic E-state index is 0.115. The van der Waals surface area contributed by atoms with E-state index in [1.165, 1.54) is 7.11 Å². The number of carbonyl (C=O) groups excluding carboxylic acids is 1. The zero-order valence-corrected chi connectivity index (χ0v) is 9.79. The Bertz CT molecular complexity index is 603. The number of methoxy groups -OCH3 is 1. The molecule has 0 aliphatic rings. The number of aliphatic carboxylic acids is 1. The molecule has 2 heterocycles. The summed E-state index contributed by atoms with van der Waals surface area (Å²) in [5.41, 5.74) is 1.43. The van der Waals surface area contributed by atoms with Gasteiger partial charge in [-0.3, -0.25) is 14.6 Å². The second kappa shape index (κ2) is 4.87. The van der Waals surface area contributed by atoms with E-state index in [9.17, 15) is 9.59 Å². The van der Waals surface area contributed by atoms with Gasteiger partial charge in [-0.2, -0.15) is 0 Å². The Kier molecular flexibility index (Phi) is 3.27. The molecule has 0 spiro atoms. The van der Waals surface area contributed by atoms with E-state index in [0.717, 1.165) is 10.9 Å². The predicted octanol–water partition coefficient (Wildman–Crippen LogP) is 0.836. The van der Waals surface area contributed by atoms with Gasteiger partial charge >= 0.3 is 11.9 Å². The number of pyridine rings is 1. The summed E-state index contributed by atoms with van der Waals surface area (Å²) in [5, 5.41) is 9.65. The lowest BCUT2D eigenvalue weighted by Gasteiger charge is -1.99. The summed E-state index contributed by atoms with van der Waals surface area (Å²) in [7, 11) is 1.32. The summed E-state index contributed by atoms with van der Waals surface area (Å²) in [6.45, 7) is -0.163. The van der Waals surface area contributed by atoms with Crippen LogP contribution in [0.5, 0.6) is 0 Å². The molecule has 0 bridgehead atoms. The van der Waals surface area contributed by atoms with Crippen molar-refractivity contribution in [3.8, 4) is 0 Å². The van der Waals surface area contributed by atoms with Crippen molar-refractivity contribution in [3.05, 3.63) is 30.2 Å². The fraction of sp³-hybridized carbons (Fsp3) is 0.250. The maximum absolute atomic E-state index is 11.3. The maximum atomic E-state index is 11.3. The fourth-order valence-corrected chi connectivity index (χ4v) is 1.86. The van der Waals surface area contributed by atoms with Crippen molar-refractivity contribution in [2.45, 2.75) is 13.0 Å². The molecule has 6 heteroatoms. The number of aromatic nitrogens is 2. The van der Waals surface area contributed by atoms with E-state index in [-0.39, 0.29) is 18.9 Å². The molecule has 2 aromatic rings. The molecule has 0 atom stereocenters. The number of esters is 1. The summed E-state index contributed by atoms with van der Waals surface area (Å²) in [6, 6.07) is 1.76. The van der Waals surface area contributed by atoms with E-state index in [1.54, 1.807) is 29.2 Å². The molecule has 2 aromatic heterocycles. The highest BCUT2D eigenvalue weighted by Crippen LogP contribution is 2.21. The average Bonchev–Trinajstić information content (AvgIpc) is 2.67. The minimum atomic E-state index is -0.944. The Morgan fingerprint density at radius 3 is 2.94 bits per heavy atom. The largest absolute Gasteiger partial charge is 0.480 e. The van der Waals surface area contributed by atoms with Crippen molar-refractivity contribution >= 4 is 22.8 Å². The van der Waals surface area contributed by atoms with Gasteiger partial charge in [-0.15, -0.1) is 0 Å². The number of carboxylic acid groups (broad SMARTS) is 1. The molecule has 0 fully saturated rings. The predicted molar refractivity (Wildman–Crippen MR) is 63.1 cm³/mol. The van der Waals surface area contributed by atoms with Crippen molar-refractivity contribution in [3.63, 3.8) is 0 Å². The van der Waals surface area contributed by atoms with Crippen LogP contribution in [-0.4, -0.2) is 33.7 Å². The molecule has 94 valence electrons. The van der Waals surface area contributed by atoms with Gasteiger partial charge in [-0.05, 0) is 11.6 Å². The third kappa shape index (κ3) is 2.32. The van der Waals surface area contributed by atoms with Crippen molar-refractivity contribution in [1.82, 2.24) is 9.55 Å². The van der Waals surface area contributed by atoms with E-state index in [2.05, 4.69) is 9.72 Å². The van der Waals surface area contributed by atoms with Gasteiger partial charge in [-0.1, -0.05) is 0 Å². The van der Waals surface area contributed by atoms with Crippen LogP contribution in [0.1, 0.15) is 5.56 Å². The summed E-state index contributed by atoms with van der Waals surface area (Å²) < 4.78 is 6.17. The molecule has 0 aliphatic heterocycles. The van der Waals surface area contributed by atoms with Gasteiger partial charge in [0.05, 0.1) is 25.2 Å². The number of hydrogen-bond donors (Lipinski definition) is 1. The van der Waals surface area contributed by atoms with Crippen LogP contribution < -0.4 is 0 Å². The molecule has 6 nitrogen and oxygen atoms in total. The molecule has 0 amide bonds.